The van der Waals surface area contributed by atoms with Crippen molar-refractivity contribution in [3.8, 4) is 99.4 Å². The molecule has 674 valence electrons. The second kappa shape index (κ2) is 43.8. The Labute approximate surface area is 772 Å². The molecule has 131 heavy (non-hydrogen) atoms. The SMILES string of the molecule is CCCCc1ccc(-c2cc(C(=O)NC3CC3)n[nH]2)s1.Cc1ccc(-c2cc(C(=O)NC3CC3)[nH]n2)c(O)c1.O=C(NC1CC1)c1cc(-c2ccc(-c3ccccc3)cc2)n[nH]1.O=C(NC1CC1)c1cc(-c2ccc(F)cc2Br)n[nH]1.O=C(NC1CC1)c1cc(-c2ccccc2O)n[nH]1.O=C(NC1CC1)c1cc(-c2cccs2)[nH]n1.O=C(NCCO)c1cc(-c2cccs2)on1. The van der Waals surface area contributed by atoms with E-state index in [9.17, 15) is 48.2 Å². The number of nitrogens with zero attached hydrogens (tertiary/aromatic N) is 7. The number of aromatic amines is 6. The molecule has 7 amide bonds. The Morgan fingerprint density at radius 3 is 1.36 bits per heavy atom. The molecule has 6 saturated carbocycles. The highest BCUT2D eigenvalue weighted by molar-refractivity contribution is 9.10. The second-order valence-electron chi connectivity index (χ2n) is 32.0. The van der Waals surface area contributed by atoms with Gasteiger partial charge in [0.1, 0.15) is 40.1 Å². The summed E-state index contributed by atoms with van der Waals surface area (Å²) in [6, 6.07) is 61.1. The zero-order chi connectivity index (χ0) is 91.3. The van der Waals surface area contributed by atoms with E-state index < -0.39 is 0 Å². The van der Waals surface area contributed by atoms with Gasteiger partial charge in [0.2, 0.25) is 0 Å². The summed E-state index contributed by atoms with van der Waals surface area (Å²) in [4.78, 5) is 87.0. The Morgan fingerprint density at radius 2 is 0.878 bits per heavy atom. The molecule has 6 aliphatic rings. The molecule has 15 aromatic rings. The van der Waals surface area contributed by atoms with Crippen LogP contribution in [0.5, 0.6) is 11.5 Å². The van der Waals surface area contributed by atoms with E-state index in [1.165, 1.54) is 46.8 Å². The third-order valence-electron chi connectivity index (χ3n) is 20.9. The van der Waals surface area contributed by atoms with Gasteiger partial charge in [0.05, 0.1) is 55.4 Å². The lowest BCUT2D eigenvalue weighted by Crippen LogP contribution is -2.26. The van der Waals surface area contributed by atoms with Gasteiger partial charge in [0.15, 0.2) is 22.8 Å². The van der Waals surface area contributed by atoms with Crippen molar-refractivity contribution in [2.24, 2.45) is 0 Å². The number of benzene rings is 5. The number of phenols is 2. The first-order chi connectivity index (χ1) is 63.7. The van der Waals surface area contributed by atoms with Crippen LogP contribution in [0.15, 0.2) is 214 Å². The number of rotatable bonds is 26. The van der Waals surface area contributed by atoms with Crippen LogP contribution in [0.25, 0.3) is 87.9 Å². The number of H-pyrrole nitrogens is 6. The van der Waals surface area contributed by atoms with Crippen molar-refractivity contribution < 1.29 is 57.8 Å². The summed E-state index contributed by atoms with van der Waals surface area (Å²) in [6.45, 7) is 4.22. The number of aromatic hydroxyl groups is 2. The van der Waals surface area contributed by atoms with Gasteiger partial charge in [-0.3, -0.25) is 64.2 Å². The monoisotopic (exact) mass is 1890 g/mol. The van der Waals surface area contributed by atoms with Crippen molar-refractivity contribution in [3.05, 3.63) is 265 Å². The van der Waals surface area contributed by atoms with Gasteiger partial charge in [0, 0.05) is 80.5 Å². The van der Waals surface area contributed by atoms with Gasteiger partial charge < -0.3 is 57.1 Å². The first kappa shape index (κ1) is 91.7. The fourth-order valence-electron chi connectivity index (χ4n) is 12.7. The predicted octanol–water partition coefficient (Wildman–Crippen LogP) is 16.7. The molecule has 0 atom stereocenters. The van der Waals surface area contributed by atoms with Gasteiger partial charge in [-0.2, -0.15) is 30.6 Å². The number of aliphatic hydroxyl groups excluding tert-OH is 1. The van der Waals surface area contributed by atoms with E-state index in [0.717, 1.165) is 137 Å². The lowest BCUT2D eigenvalue weighted by atomic mass is 10.0. The number of carbonyl (C=O) groups excluding carboxylic acids is 7. The molecule has 0 aliphatic heterocycles. The highest BCUT2D eigenvalue weighted by Gasteiger charge is 2.31. The fraction of sp³-hybridized carbons (Fsp3) is 0.263. The molecule has 0 spiro atoms. The molecule has 10 heterocycles. The number of hydrogen-bond acceptors (Lipinski definition) is 21. The number of aromatic nitrogens is 13. The van der Waals surface area contributed by atoms with Crippen LogP contribution in [0.2, 0.25) is 0 Å². The molecule has 16 N–H and O–H groups in total. The Hall–Kier alpha value is -14.1. The molecule has 21 rings (SSSR count). The van der Waals surface area contributed by atoms with Crippen molar-refractivity contribution in [1.82, 2.24) is 104 Å². The number of halogens is 2. The zero-order valence-corrected chi connectivity index (χ0v) is 75.4. The molecule has 10 aromatic heterocycles. The average Bonchev–Trinajstić information content (AvgIpc) is 1.71. The van der Waals surface area contributed by atoms with Crippen LogP contribution in [0.4, 0.5) is 4.39 Å². The quantitative estimate of drug-likeness (QED) is 0.0239. The van der Waals surface area contributed by atoms with Crippen LogP contribution in [-0.4, -0.2) is 172 Å². The number of nitrogens with one attached hydrogen (secondary N) is 13. The molecule has 6 aliphatic carbocycles. The summed E-state index contributed by atoms with van der Waals surface area (Å²) in [5.41, 5.74) is 13.6. The maximum Gasteiger partial charge on any atom is 0.273 e. The third-order valence-corrected chi connectivity index (χ3v) is 24.5. The number of para-hydroxylation sites is 1. The standard InChI is InChI=1S/C19H17N3O.C15H19N3OS.C14H15N3O2.C13H11BrFN3O.C13H13N3O2.C11H11N3OS.C10H10N2O3S/c23-19(20-16-10-11-16)18-12-17(21-22-18)15-8-6-14(7-9-15)13-4-2-1-3-5-13;1-2-3-4-11-7-8-14(20-11)12-9-13(18-17-12)15(19)16-10-5-6-10;1-8-2-5-10(13(18)6-8)11-7-12(17-16-11)14(19)15-9-3-4-9;14-10-5-7(15)1-4-9(10)11-6-12(18-17-11)13(19)16-8-2-3-8;17-12-4-2-1-3-9(12)10-7-11(16-15-10)13(18)14-8-5-6-8;15-11(12-7-3-4-7)9-6-8(13-14-9)10-2-1-5-16-10;13-4-3-11-10(14)7-6-8(15-12-7)9-2-1-5-16-9/h1-9,12,16H,10-11H2,(H,20,23)(H,21,22);7-10H,2-6H2,1H3,(H,16,19)(H,17,18);2,5-7,9,18H,3-4H2,1H3,(H,15,19)(H,16,17);1,4-6,8H,2-3H2,(H,16,19)(H,17,18);1-4,7-8,17H,5-6H2,(H,14,18)(H,15,16);1-2,5-7H,3-4H2,(H,12,15)(H,13,14);1-2,5-6,13H,3-4H2,(H,11,14). The molecule has 0 unspecified atom stereocenters. The number of carbonyl (C=O) groups is 7. The van der Waals surface area contributed by atoms with E-state index in [4.69, 9.17) is 9.63 Å². The van der Waals surface area contributed by atoms with Crippen LogP contribution in [-0.2, 0) is 6.42 Å². The Bertz CT molecular complexity index is 6260. The highest BCUT2D eigenvalue weighted by atomic mass is 79.9. The number of aryl methyl sites for hydroxylation is 2. The van der Waals surface area contributed by atoms with Crippen molar-refractivity contribution >= 4 is 91.3 Å². The van der Waals surface area contributed by atoms with Crippen molar-refractivity contribution in [2.75, 3.05) is 13.2 Å². The van der Waals surface area contributed by atoms with E-state index >= 15 is 0 Å². The number of thiophene rings is 3. The highest BCUT2D eigenvalue weighted by Crippen LogP contribution is 2.35. The van der Waals surface area contributed by atoms with E-state index in [-0.39, 0.29) is 77.5 Å². The normalized spacial score (nSPS) is 13.9. The molecule has 0 bridgehead atoms. The number of phenolic OH excluding ortho intramolecular Hbond substituents is 2. The molecular weight excluding hydrogens is 1790 g/mol. The van der Waals surface area contributed by atoms with Gasteiger partial charge in [-0.15, -0.1) is 34.0 Å². The van der Waals surface area contributed by atoms with Crippen LogP contribution >= 0.6 is 49.9 Å². The number of unbranched alkanes of at least 4 members (excludes halogenated alkanes) is 1. The maximum atomic E-state index is 13.0. The summed E-state index contributed by atoms with van der Waals surface area (Å²) in [7, 11) is 0. The first-order valence-corrected chi connectivity index (χ1v) is 46.5. The minimum absolute atomic E-state index is 0.0715. The molecule has 5 aromatic carbocycles. The molecular formula is C95H96BrFN20O11S3. The lowest BCUT2D eigenvalue weighted by Gasteiger charge is -2.02. The summed E-state index contributed by atoms with van der Waals surface area (Å²) in [6.07, 6.45) is 16.3. The Balaban J connectivity index is 0.000000117. The average molecular weight is 1890 g/mol. The summed E-state index contributed by atoms with van der Waals surface area (Å²) in [5.74, 6) is -0.452. The molecule has 36 heteroatoms. The fourth-order valence-corrected chi connectivity index (χ4v) is 15.6. The summed E-state index contributed by atoms with van der Waals surface area (Å²) in [5, 5.41) is 97.1. The largest absolute Gasteiger partial charge is 0.507 e. The maximum absolute atomic E-state index is 13.0. The van der Waals surface area contributed by atoms with Crippen LogP contribution in [0.3, 0.4) is 0 Å². The van der Waals surface area contributed by atoms with E-state index in [1.54, 1.807) is 95.5 Å². The van der Waals surface area contributed by atoms with E-state index in [1.807, 2.05) is 90.5 Å². The van der Waals surface area contributed by atoms with Gasteiger partial charge in [-0.05, 0) is 243 Å². The van der Waals surface area contributed by atoms with Gasteiger partial charge in [-0.1, -0.05) is 103 Å². The van der Waals surface area contributed by atoms with Crippen molar-refractivity contribution in [1.29, 1.82) is 0 Å². The number of amides is 7. The van der Waals surface area contributed by atoms with Crippen LogP contribution in [0.1, 0.15) is 181 Å². The third kappa shape index (κ3) is 26.8. The van der Waals surface area contributed by atoms with Gasteiger partial charge in [-0.25, -0.2) is 4.39 Å². The van der Waals surface area contributed by atoms with E-state index in [2.05, 4.69) is 163 Å². The van der Waals surface area contributed by atoms with Crippen LogP contribution < -0.4 is 37.2 Å². The number of aliphatic hydroxyl groups is 1. The van der Waals surface area contributed by atoms with Gasteiger partial charge >= 0.3 is 0 Å². The van der Waals surface area contributed by atoms with Gasteiger partial charge in [0.25, 0.3) is 41.4 Å². The Morgan fingerprint density at radius 1 is 0.427 bits per heavy atom. The molecule has 0 radical (unpaired) electrons. The van der Waals surface area contributed by atoms with Crippen molar-refractivity contribution in [2.45, 2.75) is 146 Å². The lowest BCUT2D eigenvalue weighted by molar-refractivity contribution is 0.0929. The van der Waals surface area contributed by atoms with Crippen molar-refractivity contribution in [3.63, 3.8) is 0 Å². The summed E-state index contributed by atoms with van der Waals surface area (Å²) >= 11 is 8.20. The minimum atomic E-state index is -0.347. The van der Waals surface area contributed by atoms with E-state index in [0.29, 0.717) is 109 Å². The molecule has 31 nitrogen and oxygen atoms in total. The molecule has 6 fully saturated rings. The predicted molar refractivity (Wildman–Crippen MR) is 502 cm³/mol. The van der Waals surface area contributed by atoms with Crippen LogP contribution in [0, 0.1) is 12.7 Å². The zero-order valence-electron chi connectivity index (χ0n) is 71.3. The Kier molecular flexibility index (Phi) is 30.7. The second-order valence-corrected chi connectivity index (χ2v) is 35.9. The summed E-state index contributed by atoms with van der Waals surface area (Å²) < 4.78 is 18.7. The smallest absolute Gasteiger partial charge is 0.273 e. The first-order valence-electron chi connectivity index (χ1n) is 43.1. The minimum Gasteiger partial charge on any atom is -0.507 e. The molecule has 0 saturated heterocycles. The number of hydrogen-bond donors (Lipinski definition) is 16. The topological polar surface area (TPSA) is 462 Å².